The number of nitrogens with one attached hydrogen (secondary N) is 2. The number of carbonyl (C=O) groups is 4. The number of carbonyl (C=O) groups excluding carboxylic acids is 4. The number of amides is 4. The smallest absolute Gasteiger partial charge is 0.289 e. The van der Waals surface area contributed by atoms with Crippen LogP contribution in [0.1, 0.15) is 36.2 Å². The van der Waals surface area contributed by atoms with Crippen LogP contribution in [-0.2, 0) is 16.1 Å². The topological polar surface area (TPSA) is 95.6 Å². The van der Waals surface area contributed by atoms with Crippen molar-refractivity contribution in [3.05, 3.63) is 64.7 Å². The maximum atomic E-state index is 12.9. The van der Waals surface area contributed by atoms with Crippen molar-refractivity contribution in [2.24, 2.45) is 5.92 Å². The van der Waals surface area contributed by atoms with Crippen molar-refractivity contribution in [1.82, 2.24) is 10.2 Å². The number of nitrogens with zero attached hydrogens (tertiary/aromatic N) is 1. The molecule has 2 aromatic carbocycles. The Hall–Kier alpha value is -2.84. The number of rotatable bonds is 8. The molecule has 3 rings (SSSR count). The van der Waals surface area contributed by atoms with Crippen LogP contribution in [-0.4, -0.2) is 39.7 Å². The van der Waals surface area contributed by atoms with Crippen molar-refractivity contribution in [2.75, 3.05) is 11.1 Å². The van der Waals surface area contributed by atoms with Crippen LogP contribution < -0.4 is 10.6 Å². The van der Waals surface area contributed by atoms with Crippen LogP contribution >= 0.6 is 23.4 Å². The summed E-state index contributed by atoms with van der Waals surface area (Å²) in [6.45, 7) is 4.05. The van der Waals surface area contributed by atoms with E-state index >= 15 is 0 Å². The van der Waals surface area contributed by atoms with Gasteiger partial charge in [-0.15, -0.1) is 0 Å². The first-order valence-electron chi connectivity index (χ1n) is 10.2. The van der Waals surface area contributed by atoms with Crippen molar-refractivity contribution in [3.63, 3.8) is 0 Å². The lowest BCUT2D eigenvalue weighted by Gasteiger charge is -2.23. The standard InChI is InChI=1S/C23H24ClN3O4S/c1-3-14(2)20(26-21(29)16-6-8-17(24)9-7-16)22(30)25-18-10-4-15(5-11-18)12-27-19(28)13-32-23(27)31/h4-11,14,20H,3,12-13H2,1-2H3,(H,25,30)(H,26,29). The van der Waals surface area contributed by atoms with Crippen molar-refractivity contribution in [3.8, 4) is 0 Å². The van der Waals surface area contributed by atoms with Crippen LogP contribution in [0.5, 0.6) is 0 Å². The average Bonchev–Trinajstić information content (AvgIpc) is 3.10. The molecule has 1 heterocycles. The van der Waals surface area contributed by atoms with Crippen molar-refractivity contribution in [1.29, 1.82) is 0 Å². The number of thioether (sulfide) groups is 1. The van der Waals surface area contributed by atoms with E-state index in [2.05, 4.69) is 10.6 Å². The summed E-state index contributed by atoms with van der Waals surface area (Å²) >= 11 is 6.87. The summed E-state index contributed by atoms with van der Waals surface area (Å²) in [7, 11) is 0. The first-order valence-corrected chi connectivity index (χ1v) is 11.6. The minimum absolute atomic E-state index is 0.0878. The predicted molar refractivity (Wildman–Crippen MR) is 126 cm³/mol. The molecule has 1 saturated heterocycles. The maximum Gasteiger partial charge on any atom is 0.289 e. The average molecular weight is 474 g/mol. The molecule has 32 heavy (non-hydrogen) atoms. The van der Waals surface area contributed by atoms with E-state index in [4.69, 9.17) is 11.6 Å². The number of benzene rings is 2. The molecule has 2 atom stereocenters. The molecule has 2 unspecified atom stereocenters. The molecule has 0 radical (unpaired) electrons. The van der Waals surface area contributed by atoms with Crippen LogP contribution in [0.3, 0.4) is 0 Å². The van der Waals surface area contributed by atoms with Gasteiger partial charge in [-0.05, 0) is 47.9 Å². The van der Waals surface area contributed by atoms with Gasteiger partial charge in [-0.2, -0.15) is 0 Å². The predicted octanol–water partition coefficient (Wildman–Crippen LogP) is 4.32. The van der Waals surface area contributed by atoms with Gasteiger partial charge in [0.2, 0.25) is 11.8 Å². The number of imide groups is 1. The highest BCUT2D eigenvalue weighted by Gasteiger charge is 2.30. The summed E-state index contributed by atoms with van der Waals surface area (Å²) in [6, 6.07) is 12.7. The van der Waals surface area contributed by atoms with Crippen molar-refractivity contribution < 1.29 is 19.2 Å². The van der Waals surface area contributed by atoms with E-state index in [1.54, 1.807) is 48.5 Å². The molecule has 7 nitrogen and oxygen atoms in total. The summed E-state index contributed by atoms with van der Waals surface area (Å²) < 4.78 is 0. The van der Waals surface area contributed by atoms with E-state index in [0.29, 0.717) is 22.7 Å². The quantitative estimate of drug-likeness (QED) is 0.595. The summed E-state index contributed by atoms with van der Waals surface area (Å²) in [4.78, 5) is 50.3. The lowest BCUT2D eigenvalue weighted by molar-refractivity contribution is -0.125. The monoisotopic (exact) mass is 473 g/mol. The number of hydrogen-bond donors (Lipinski definition) is 2. The molecule has 0 saturated carbocycles. The largest absolute Gasteiger partial charge is 0.340 e. The van der Waals surface area contributed by atoms with Crippen LogP contribution in [0.25, 0.3) is 0 Å². The van der Waals surface area contributed by atoms with Gasteiger partial charge < -0.3 is 10.6 Å². The zero-order valence-corrected chi connectivity index (χ0v) is 19.3. The lowest BCUT2D eigenvalue weighted by Crippen LogP contribution is -2.47. The highest BCUT2D eigenvalue weighted by molar-refractivity contribution is 8.14. The van der Waals surface area contributed by atoms with Crippen LogP contribution in [0.2, 0.25) is 5.02 Å². The van der Waals surface area contributed by atoms with Gasteiger partial charge in [0.15, 0.2) is 0 Å². The van der Waals surface area contributed by atoms with Crippen molar-refractivity contribution in [2.45, 2.75) is 32.9 Å². The van der Waals surface area contributed by atoms with E-state index < -0.39 is 6.04 Å². The molecule has 0 aliphatic carbocycles. The van der Waals surface area contributed by atoms with Gasteiger partial charge >= 0.3 is 0 Å². The van der Waals surface area contributed by atoms with Gasteiger partial charge in [0, 0.05) is 16.3 Å². The Bertz CT molecular complexity index is 995. The molecule has 9 heteroatoms. The molecule has 1 aliphatic heterocycles. The van der Waals surface area contributed by atoms with E-state index in [9.17, 15) is 19.2 Å². The summed E-state index contributed by atoms with van der Waals surface area (Å²) in [5, 5.41) is 5.93. The molecule has 0 spiro atoms. The summed E-state index contributed by atoms with van der Waals surface area (Å²) in [5.41, 5.74) is 1.76. The van der Waals surface area contributed by atoms with E-state index in [0.717, 1.165) is 17.3 Å². The first kappa shape index (κ1) is 23.8. The SMILES string of the molecule is CCC(C)C(NC(=O)c1ccc(Cl)cc1)C(=O)Nc1ccc(CN2C(=O)CSC2=O)cc1. The van der Waals surface area contributed by atoms with Crippen molar-refractivity contribution >= 4 is 52.0 Å². The fraction of sp³-hybridized carbons (Fsp3) is 0.304. The first-order chi connectivity index (χ1) is 15.3. The van der Waals surface area contributed by atoms with Gasteiger partial charge in [-0.1, -0.05) is 55.8 Å². The maximum absolute atomic E-state index is 12.9. The molecular formula is C23H24ClN3O4S. The lowest BCUT2D eigenvalue weighted by atomic mass is 9.97. The van der Waals surface area contributed by atoms with E-state index in [1.807, 2.05) is 13.8 Å². The fourth-order valence-corrected chi connectivity index (χ4v) is 4.01. The van der Waals surface area contributed by atoms with Gasteiger partial charge in [0.1, 0.15) is 6.04 Å². The van der Waals surface area contributed by atoms with Gasteiger partial charge in [-0.25, -0.2) is 0 Å². The Kier molecular flexibility index (Phi) is 7.93. The minimum Gasteiger partial charge on any atom is -0.340 e. The van der Waals surface area contributed by atoms with Crippen LogP contribution in [0.4, 0.5) is 10.5 Å². The molecule has 0 aromatic heterocycles. The zero-order chi connectivity index (χ0) is 23.3. The van der Waals surface area contributed by atoms with Crippen LogP contribution in [0.15, 0.2) is 48.5 Å². The number of hydrogen-bond acceptors (Lipinski definition) is 5. The zero-order valence-electron chi connectivity index (χ0n) is 17.8. The van der Waals surface area contributed by atoms with E-state index in [1.165, 1.54) is 4.90 Å². The third-order valence-corrected chi connectivity index (χ3v) is 6.40. The van der Waals surface area contributed by atoms with Gasteiger partial charge in [0.05, 0.1) is 12.3 Å². The third-order valence-electron chi connectivity index (χ3n) is 5.29. The Labute approximate surface area is 195 Å². The Morgan fingerprint density at radius 3 is 2.31 bits per heavy atom. The Morgan fingerprint density at radius 2 is 1.75 bits per heavy atom. The summed E-state index contributed by atoms with van der Waals surface area (Å²) in [5.74, 6) is -0.794. The highest BCUT2D eigenvalue weighted by Crippen LogP contribution is 2.22. The Morgan fingerprint density at radius 1 is 1.09 bits per heavy atom. The van der Waals surface area contributed by atoms with Gasteiger partial charge in [-0.3, -0.25) is 24.1 Å². The summed E-state index contributed by atoms with van der Waals surface area (Å²) in [6.07, 6.45) is 0.702. The number of halogens is 1. The van der Waals surface area contributed by atoms with Gasteiger partial charge in [0.25, 0.3) is 11.1 Å². The second-order valence-electron chi connectivity index (χ2n) is 7.56. The van der Waals surface area contributed by atoms with E-state index in [-0.39, 0.29) is 41.2 Å². The second kappa shape index (κ2) is 10.7. The molecular weight excluding hydrogens is 450 g/mol. The fourth-order valence-electron chi connectivity index (χ4n) is 3.16. The normalized spacial score (nSPS) is 15.4. The molecule has 2 aromatic rings. The van der Waals surface area contributed by atoms with Crippen LogP contribution in [0, 0.1) is 5.92 Å². The molecule has 4 amide bonds. The minimum atomic E-state index is -0.722. The molecule has 168 valence electrons. The highest BCUT2D eigenvalue weighted by atomic mass is 35.5. The second-order valence-corrected chi connectivity index (χ2v) is 8.93. The molecule has 1 aliphatic rings. The number of anilines is 1. The third kappa shape index (κ3) is 5.89. The molecule has 0 bridgehead atoms. The molecule has 2 N–H and O–H groups in total. The Balaban J connectivity index is 1.65. The molecule has 1 fully saturated rings.